The van der Waals surface area contributed by atoms with Crippen molar-refractivity contribution in [1.29, 1.82) is 0 Å². The average molecular weight is 458 g/mol. The van der Waals surface area contributed by atoms with Gasteiger partial charge in [-0.15, -0.1) is 0 Å². The molecule has 0 radical (unpaired) electrons. The number of carbonyl (C=O) groups is 3. The normalized spacial score (nSPS) is 17.5. The van der Waals surface area contributed by atoms with Gasteiger partial charge in [-0.3, -0.25) is 19.3 Å². The van der Waals surface area contributed by atoms with Crippen LogP contribution in [0.5, 0.6) is 0 Å². The summed E-state index contributed by atoms with van der Waals surface area (Å²) in [5, 5.41) is 1.67. The van der Waals surface area contributed by atoms with Crippen LogP contribution in [0.3, 0.4) is 0 Å². The zero-order valence-electron chi connectivity index (χ0n) is 17.4. The van der Waals surface area contributed by atoms with Crippen molar-refractivity contribution in [3.05, 3.63) is 64.1 Å². The van der Waals surface area contributed by atoms with Crippen molar-refractivity contribution >= 4 is 46.3 Å². The predicted octanol–water partition coefficient (Wildman–Crippen LogP) is 4.55. The summed E-state index contributed by atoms with van der Waals surface area (Å²) < 4.78 is 26.7. The Hall–Kier alpha value is -3.20. The van der Waals surface area contributed by atoms with Crippen molar-refractivity contribution in [3.8, 4) is 0 Å². The minimum absolute atomic E-state index is 0.216. The van der Waals surface area contributed by atoms with Gasteiger partial charge in [-0.1, -0.05) is 6.07 Å². The summed E-state index contributed by atoms with van der Waals surface area (Å²) in [6.45, 7) is 3.44. The lowest BCUT2D eigenvalue weighted by Crippen LogP contribution is -2.36. The van der Waals surface area contributed by atoms with Crippen LogP contribution in [-0.4, -0.2) is 41.6 Å². The molecule has 0 atom stereocenters. The molecule has 0 bridgehead atoms. The standard InChI is InChI=1S/C23H21F2N3O3S/c1-14-10-17(27-8-2-3-9-27)6-4-15(14)11-20-22(30)28(23(31)32-20)13-21(29)26-19-7-5-16(24)12-18(19)25/h4-7,10-12H,2-3,8-9,13H2,1H3,(H,26,29). The molecule has 9 heteroatoms. The van der Waals surface area contributed by atoms with Crippen molar-refractivity contribution < 1.29 is 23.2 Å². The molecule has 0 aromatic heterocycles. The van der Waals surface area contributed by atoms with Crippen LogP contribution in [0.2, 0.25) is 0 Å². The van der Waals surface area contributed by atoms with Crippen molar-refractivity contribution in [2.24, 2.45) is 0 Å². The second-order valence-corrected chi connectivity index (χ2v) is 8.67. The summed E-state index contributed by atoms with van der Waals surface area (Å²) in [6, 6.07) is 8.69. The number of anilines is 2. The maximum Gasteiger partial charge on any atom is 0.294 e. The number of benzene rings is 2. The third-order valence-corrected chi connectivity index (χ3v) is 6.30. The molecule has 6 nitrogen and oxygen atoms in total. The van der Waals surface area contributed by atoms with Crippen molar-refractivity contribution in [2.75, 3.05) is 29.9 Å². The van der Waals surface area contributed by atoms with Gasteiger partial charge in [-0.2, -0.15) is 0 Å². The van der Waals surface area contributed by atoms with Gasteiger partial charge in [0.2, 0.25) is 5.91 Å². The van der Waals surface area contributed by atoms with Gasteiger partial charge >= 0.3 is 0 Å². The van der Waals surface area contributed by atoms with Gasteiger partial charge in [-0.25, -0.2) is 8.78 Å². The van der Waals surface area contributed by atoms with Crippen LogP contribution in [0.15, 0.2) is 41.3 Å². The van der Waals surface area contributed by atoms with E-state index in [2.05, 4.69) is 16.3 Å². The molecule has 1 N–H and O–H groups in total. The Labute approximate surface area is 188 Å². The zero-order valence-corrected chi connectivity index (χ0v) is 18.2. The number of halogens is 2. The number of nitrogens with one attached hydrogen (secondary N) is 1. The van der Waals surface area contributed by atoms with E-state index in [9.17, 15) is 23.2 Å². The maximum atomic E-state index is 13.7. The first-order valence-corrected chi connectivity index (χ1v) is 11.0. The molecule has 166 valence electrons. The van der Waals surface area contributed by atoms with Crippen LogP contribution in [0.1, 0.15) is 24.0 Å². The molecule has 2 aromatic rings. The van der Waals surface area contributed by atoms with E-state index in [1.165, 1.54) is 12.8 Å². The summed E-state index contributed by atoms with van der Waals surface area (Å²) in [6.07, 6.45) is 4.00. The average Bonchev–Trinajstić information content (AvgIpc) is 3.37. The predicted molar refractivity (Wildman–Crippen MR) is 120 cm³/mol. The third kappa shape index (κ3) is 4.67. The van der Waals surface area contributed by atoms with Gasteiger partial charge in [0.1, 0.15) is 18.2 Å². The molecule has 2 fully saturated rings. The van der Waals surface area contributed by atoms with E-state index in [1.54, 1.807) is 6.08 Å². The Morgan fingerprint density at radius 1 is 1.12 bits per heavy atom. The van der Waals surface area contributed by atoms with E-state index < -0.39 is 35.2 Å². The fraction of sp³-hybridized carbons (Fsp3) is 0.261. The van der Waals surface area contributed by atoms with Gasteiger partial charge in [0.15, 0.2) is 0 Å². The molecule has 2 aliphatic heterocycles. The number of hydrogen-bond acceptors (Lipinski definition) is 5. The van der Waals surface area contributed by atoms with E-state index in [4.69, 9.17) is 0 Å². The number of aryl methyl sites for hydroxylation is 1. The second kappa shape index (κ2) is 9.12. The molecular formula is C23H21F2N3O3S. The molecule has 0 saturated carbocycles. The molecule has 0 aliphatic carbocycles. The molecule has 32 heavy (non-hydrogen) atoms. The minimum Gasteiger partial charge on any atom is -0.372 e. The van der Waals surface area contributed by atoms with Gasteiger partial charge < -0.3 is 10.2 Å². The Morgan fingerprint density at radius 2 is 1.88 bits per heavy atom. The summed E-state index contributed by atoms with van der Waals surface area (Å²) in [5.41, 5.74) is 2.70. The number of amides is 3. The van der Waals surface area contributed by atoms with Crippen molar-refractivity contribution in [3.63, 3.8) is 0 Å². The molecule has 2 aromatic carbocycles. The summed E-state index contributed by atoms with van der Waals surface area (Å²) in [5.74, 6) is -3.07. The molecule has 0 spiro atoms. The van der Waals surface area contributed by atoms with Gasteiger partial charge in [-0.05, 0) is 73.0 Å². The molecule has 2 aliphatic rings. The molecule has 2 saturated heterocycles. The van der Waals surface area contributed by atoms with Crippen LogP contribution < -0.4 is 10.2 Å². The van der Waals surface area contributed by atoms with Gasteiger partial charge in [0.05, 0.1) is 10.6 Å². The highest BCUT2D eigenvalue weighted by atomic mass is 32.2. The number of rotatable bonds is 5. The van der Waals surface area contributed by atoms with E-state index >= 15 is 0 Å². The molecule has 4 rings (SSSR count). The van der Waals surface area contributed by atoms with E-state index in [1.807, 2.05) is 19.1 Å². The molecule has 0 unspecified atom stereocenters. The summed E-state index contributed by atoms with van der Waals surface area (Å²) in [4.78, 5) is 40.6. The Morgan fingerprint density at radius 3 is 2.56 bits per heavy atom. The Bertz CT molecular complexity index is 1130. The molecular weight excluding hydrogens is 436 g/mol. The van der Waals surface area contributed by atoms with Crippen LogP contribution >= 0.6 is 11.8 Å². The number of thioether (sulfide) groups is 1. The van der Waals surface area contributed by atoms with E-state index in [0.717, 1.165) is 58.7 Å². The van der Waals surface area contributed by atoms with Crippen LogP contribution in [0.4, 0.5) is 25.0 Å². The van der Waals surface area contributed by atoms with Crippen molar-refractivity contribution in [1.82, 2.24) is 4.90 Å². The van der Waals surface area contributed by atoms with Crippen LogP contribution in [0.25, 0.3) is 6.08 Å². The zero-order chi connectivity index (χ0) is 22.8. The number of imide groups is 1. The maximum absolute atomic E-state index is 13.7. The fourth-order valence-electron chi connectivity index (χ4n) is 3.70. The highest BCUT2D eigenvalue weighted by Crippen LogP contribution is 2.33. The van der Waals surface area contributed by atoms with E-state index in [-0.39, 0.29) is 10.6 Å². The largest absolute Gasteiger partial charge is 0.372 e. The second-order valence-electron chi connectivity index (χ2n) is 7.68. The molecule has 2 heterocycles. The van der Waals surface area contributed by atoms with E-state index in [0.29, 0.717) is 6.07 Å². The Balaban J connectivity index is 1.45. The lowest BCUT2D eigenvalue weighted by molar-refractivity contribution is -0.127. The van der Waals surface area contributed by atoms with Gasteiger partial charge in [0.25, 0.3) is 11.1 Å². The first kappa shape index (κ1) is 22.0. The quantitative estimate of drug-likeness (QED) is 0.668. The van der Waals surface area contributed by atoms with Crippen LogP contribution in [-0.2, 0) is 9.59 Å². The van der Waals surface area contributed by atoms with Gasteiger partial charge in [0, 0.05) is 24.8 Å². The topological polar surface area (TPSA) is 69.7 Å². The lowest BCUT2D eigenvalue weighted by Gasteiger charge is -2.18. The number of carbonyl (C=O) groups excluding carboxylic acids is 3. The van der Waals surface area contributed by atoms with Crippen molar-refractivity contribution in [2.45, 2.75) is 19.8 Å². The smallest absolute Gasteiger partial charge is 0.294 e. The highest BCUT2D eigenvalue weighted by molar-refractivity contribution is 8.18. The first-order chi connectivity index (χ1) is 15.3. The third-order valence-electron chi connectivity index (χ3n) is 5.39. The Kier molecular flexibility index (Phi) is 6.27. The number of nitrogens with zero attached hydrogens (tertiary/aromatic N) is 2. The van der Waals surface area contributed by atoms with Crippen LogP contribution in [0, 0.1) is 18.6 Å². The SMILES string of the molecule is Cc1cc(N2CCCC2)ccc1C=C1SC(=O)N(CC(=O)Nc2ccc(F)cc2F)C1=O. The summed E-state index contributed by atoms with van der Waals surface area (Å²) in [7, 11) is 0. The lowest BCUT2D eigenvalue weighted by atomic mass is 10.1. The minimum atomic E-state index is -0.944. The first-order valence-electron chi connectivity index (χ1n) is 10.2. The monoisotopic (exact) mass is 457 g/mol. The molecule has 3 amide bonds. The fourth-order valence-corrected chi connectivity index (χ4v) is 4.52. The summed E-state index contributed by atoms with van der Waals surface area (Å²) >= 11 is 0.753. The highest BCUT2D eigenvalue weighted by Gasteiger charge is 2.36. The number of hydrogen-bond donors (Lipinski definition) is 1.